The molecule has 0 spiro atoms. The van der Waals surface area contributed by atoms with Crippen molar-refractivity contribution in [2.75, 3.05) is 0 Å². The molecule has 1 aliphatic rings. The van der Waals surface area contributed by atoms with Crippen LogP contribution < -0.4 is 4.74 Å². The van der Waals surface area contributed by atoms with Crippen molar-refractivity contribution in [1.29, 1.82) is 0 Å². The van der Waals surface area contributed by atoms with Crippen LogP contribution in [0.4, 0.5) is 4.39 Å². The largest absolute Gasteiger partial charge is 0.490 e. The molecule has 1 aromatic carbocycles. The number of benzene rings is 1. The van der Waals surface area contributed by atoms with Gasteiger partial charge in [-0.2, -0.15) is 0 Å². The van der Waals surface area contributed by atoms with Crippen LogP contribution in [0, 0.1) is 5.82 Å². The van der Waals surface area contributed by atoms with Crippen molar-refractivity contribution in [2.45, 2.75) is 38.2 Å². The molecular formula is C13H15FO3. The van der Waals surface area contributed by atoms with Crippen molar-refractivity contribution in [2.24, 2.45) is 0 Å². The van der Waals surface area contributed by atoms with E-state index in [1.54, 1.807) is 0 Å². The Balaban J connectivity index is 2.26. The van der Waals surface area contributed by atoms with Gasteiger partial charge in [0.2, 0.25) is 0 Å². The smallest absolute Gasteiger partial charge is 0.310 e. The predicted octanol–water partition coefficient (Wildman–Crippen LogP) is 2.95. The van der Waals surface area contributed by atoms with E-state index in [9.17, 15) is 9.18 Å². The average Bonchev–Trinajstić information content (AvgIpc) is 2.23. The third-order valence-electron chi connectivity index (χ3n) is 3.15. The molecule has 0 aromatic heterocycles. The fourth-order valence-corrected chi connectivity index (χ4v) is 1.77. The van der Waals surface area contributed by atoms with Gasteiger partial charge in [-0.15, -0.1) is 0 Å². The number of hydrogen-bond donors (Lipinski definition) is 1. The van der Waals surface area contributed by atoms with E-state index in [2.05, 4.69) is 0 Å². The molecule has 1 aliphatic carbocycles. The lowest BCUT2D eigenvalue weighted by atomic mass is 9.95. The molecule has 1 unspecified atom stereocenters. The van der Waals surface area contributed by atoms with Crippen molar-refractivity contribution in [1.82, 2.24) is 0 Å². The highest BCUT2D eigenvalue weighted by atomic mass is 19.1. The van der Waals surface area contributed by atoms with Gasteiger partial charge in [0, 0.05) is 5.56 Å². The Morgan fingerprint density at radius 3 is 2.76 bits per heavy atom. The fourth-order valence-electron chi connectivity index (χ4n) is 1.77. The molecule has 2 rings (SSSR count). The molecule has 3 nitrogen and oxygen atoms in total. The zero-order valence-electron chi connectivity index (χ0n) is 9.65. The minimum atomic E-state index is -0.978. The summed E-state index contributed by atoms with van der Waals surface area (Å²) < 4.78 is 18.8. The van der Waals surface area contributed by atoms with Crippen molar-refractivity contribution in [3.63, 3.8) is 0 Å². The van der Waals surface area contributed by atoms with Gasteiger partial charge in [-0.25, -0.2) is 4.39 Å². The van der Waals surface area contributed by atoms with Gasteiger partial charge < -0.3 is 9.84 Å². The van der Waals surface area contributed by atoms with Crippen LogP contribution in [0.5, 0.6) is 5.75 Å². The molecule has 0 bridgehead atoms. The van der Waals surface area contributed by atoms with Crippen LogP contribution >= 0.6 is 0 Å². The van der Waals surface area contributed by atoms with Gasteiger partial charge in [0.1, 0.15) is 11.6 Å². The molecule has 0 radical (unpaired) electrons. The minimum Gasteiger partial charge on any atom is -0.490 e. The van der Waals surface area contributed by atoms with Crippen LogP contribution in [-0.2, 0) is 4.79 Å². The minimum absolute atomic E-state index is 0.153. The number of carbonyl (C=O) groups is 1. The molecule has 0 aliphatic heterocycles. The summed E-state index contributed by atoms with van der Waals surface area (Å²) in [7, 11) is 0. The van der Waals surface area contributed by atoms with Crippen molar-refractivity contribution in [3.05, 3.63) is 29.6 Å². The molecule has 4 heteroatoms. The van der Waals surface area contributed by atoms with E-state index >= 15 is 0 Å². The summed E-state index contributed by atoms with van der Waals surface area (Å²) in [5, 5.41) is 8.98. The van der Waals surface area contributed by atoms with Crippen LogP contribution in [0.2, 0.25) is 0 Å². The molecule has 1 aromatic rings. The quantitative estimate of drug-likeness (QED) is 0.877. The van der Waals surface area contributed by atoms with Gasteiger partial charge in [0.15, 0.2) is 0 Å². The third kappa shape index (κ3) is 2.57. The molecule has 17 heavy (non-hydrogen) atoms. The molecule has 92 valence electrons. The monoisotopic (exact) mass is 238 g/mol. The lowest BCUT2D eigenvalue weighted by molar-refractivity contribution is -0.138. The number of aliphatic carboxylic acids is 1. The highest BCUT2D eigenvalue weighted by Gasteiger charge is 2.24. The van der Waals surface area contributed by atoms with E-state index < -0.39 is 17.7 Å². The maximum absolute atomic E-state index is 13.2. The molecule has 1 atom stereocenters. The standard InChI is InChI=1S/C13H15FO3/c1-8(13(15)16)11-7-9(14)5-6-12(11)17-10-3-2-4-10/h5-8,10H,2-4H2,1H3,(H,15,16). The third-order valence-corrected chi connectivity index (χ3v) is 3.15. The molecule has 1 N–H and O–H groups in total. The topological polar surface area (TPSA) is 46.5 Å². The summed E-state index contributed by atoms with van der Waals surface area (Å²) in [6.07, 6.45) is 3.26. The highest BCUT2D eigenvalue weighted by Crippen LogP contribution is 2.32. The lowest BCUT2D eigenvalue weighted by Crippen LogP contribution is -2.25. The average molecular weight is 238 g/mol. The first kappa shape index (κ1) is 11.9. The SMILES string of the molecule is CC(C(=O)O)c1cc(F)ccc1OC1CCC1. The second kappa shape index (κ2) is 4.73. The number of carboxylic acid groups (broad SMARTS) is 1. The van der Waals surface area contributed by atoms with Crippen LogP contribution in [0.3, 0.4) is 0 Å². The predicted molar refractivity (Wildman–Crippen MR) is 60.7 cm³/mol. The Hall–Kier alpha value is -1.58. The summed E-state index contributed by atoms with van der Waals surface area (Å²) in [6, 6.07) is 4.06. The Kier molecular flexibility index (Phi) is 3.31. The first-order chi connectivity index (χ1) is 8.08. The summed E-state index contributed by atoms with van der Waals surface area (Å²) in [6.45, 7) is 1.53. The highest BCUT2D eigenvalue weighted by molar-refractivity contribution is 5.76. The number of hydrogen-bond acceptors (Lipinski definition) is 2. The van der Waals surface area contributed by atoms with E-state index in [1.165, 1.54) is 25.1 Å². The number of carboxylic acids is 1. The first-order valence-corrected chi connectivity index (χ1v) is 5.77. The van der Waals surface area contributed by atoms with Crippen molar-refractivity contribution < 1.29 is 19.0 Å². The van der Waals surface area contributed by atoms with E-state index in [0.717, 1.165) is 19.3 Å². The fraction of sp³-hybridized carbons (Fsp3) is 0.462. The van der Waals surface area contributed by atoms with Crippen molar-refractivity contribution >= 4 is 5.97 Å². The van der Waals surface area contributed by atoms with E-state index in [0.29, 0.717) is 11.3 Å². The molecule has 0 amide bonds. The van der Waals surface area contributed by atoms with Gasteiger partial charge >= 0.3 is 5.97 Å². The van der Waals surface area contributed by atoms with Crippen LogP contribution in [0.15, 0.2) is 18.2 Å². The maximum atomic E-state index is 13.2. The Morgan fingerprint density at radius 1 is 1.53 bits per heavy atom. The summed E-state index contributed by atoms with van der Waals surface area (Å²) in [5.74, 6) is -1.69. The second-order valence-electron chi connectivity index (χ2n) is 4.41. The Morgan fingerprint density at radius 2 is 2.24 bits per heavy atom. The van der Waals surface area contributed by atoms with E-state index in [-0.39, 0.29) is 6.10 Å². The zero-order valence-corrected chi connectivity index (χ0v) is 9.65. The second-order valence-corrected chi connectivity index (χ2v) is 4.41. The van der Waals surface area contributed by atoms with E-state index in [4.69, 9.17) is 9.84 Å². The molecular weight excluding hydrogens is 223 g/mol. The summed E-state index contributed by atoms with van der Waals surface area (Å²) in [4.78, 5) is 11.0. The van der Waals surface area contributed by atoms with Gasteiger partial charge in [0.25, 0.3) is 0 Å². The van der Waals surface area contributed by atoms with E-state index in [1.807, 2.05) is 0 Å². The summed E-state index contributed by atoms with van der Waals surface area (Å²) in [5.41, 5.74) is 0.407. The Bertz CT molecular complexity index is 427. The summed E-state index contributed by atoms with van der Waals surface area (Å²) >= 11 is 0. The molecule has 1 fully saturated rings. The van der Waals surface area contributed by atoms with Crippen LogP contribution in [0.1, 0.15) is 37.7 Å². The number of rotatable bonds is 4. The molecule has 0 saturated heterocycles. The zero-order chi connectivity index (χ0) is 12.4. The number of ether oxygens (including phenoxy) is 1. The maximum Gasteiger partial charge on any atom is 0.310 e. The van der Waals surface area contributed by atoms with Crippen LogP contribution in [0.25, 0.3) is 0 Å². The van der Waals surface area contributed by atoms with Gasteiger partial charge in [-0.1, -0.05) is 0 Å². The molecule has 1 saturated carbocycles. The first-order valence-electron chi connectivity index (χ1n) is 5.77. The van der Waals surface area contributed by atoms with Gasteiger partial charge in [-0.05, 0) is 44.4 Å². The van der Waals surface area contributed by atoms with Crippen molar-refractivity contribution in [3.8, 4) is 5.75 Å². The molecule has 0 heterocycles. The lowest BCUT2D eigenvalue weighted by Gasteiger charge is -2.28. The Labute approximate surface area is 99.2 Å². The van der Waals surface area contributed by atoms with Crippen LogP contribution in [-0.4, -0.2) is 17.2 Å². The van der Waals surface area contributed by atoms with Gasteiger partial charge in [0.05, 0.1) is 12.0 Å². The number of halogens is 1. The normalized spacial score (nSPS) is 17.3. The van der Waals surface area contributed by atoms with Gasteiger partial charge in [-0.3, -0.25) is 4.79 Å².